The maximum atomic E-state index is 13.4. The molecule has 6 nitrogen and oxygen atoms in total. The fourth-order valence-corrected chi connectivity index (χ4v) is 5.24. The molecule has 1 saturated heterocycles. The third kappa shape index (κ3) is 5.98. The summed E-state index contributed by atoms with van der Waals surface area (Å²) in [5, 5.41) is 3.27. The van der Waals surface area contributed by atoms with Crippen LogP contribution in [-0.4, -0.2) is 60.1 Å². The number of rotatable bonds is 7. The van der Waals surface area contributed by atoms with E-state index in [0.29, 0.717) is 5.92 Å². The van der Waals surface area contributed by atoms with Crippen LogP contribution in [-0.2, 0) is 16.0 Å². The van der Waals surface area contributed by atoms with Gasteiger partial charge in [-0.25, -0.2) is 4.79 Å². The van der Waals surface area contributed by atoms with Gasteiger partial charge in [0.05, 0.1) is 6.10 Å². The van der Waals surface area contributed by atoms with Gasteiger partial charge in [0.25, 0.3) is 5.91 Å². The molecule has 0 saturated carbocycles. The summed E-state index contributed by atoms with van der Waals surface area (Å²) in [6, 6.07) is 10.7. The molecule has 0 bridgehead atoms. The van der Waals surface area contributed by atoms with Crippen molar-refractivity contribution in [3.05, 3.63) is 59.3 Å². The number of piperidine rings is 1. The summed E-state index contributed by atoms with van der Waals surface area (Å²) in [7, 11) is 0. The molecule has 1 fully saturated rings. The molecule has 3 heterocycles. The van der Waals surface area contributed by atoms with E-state index in [1.54, 1.807) is 0 Å². The zero-order chi connectivity index (χ0) is 23.2. The first-order valence-electron chi connectivity index (χ1n) is 12.4. The summed E-state index contributed by atoms with van der Waals surface area (Å²) in [5.41, 5.74) is 3.40. The van der Waals surface area contributed by atoms with Crippen LogP contribution in [0.5, 0.6) is 0 Å². The van der Waals surface area contributed by atoms with Crippen LogP contribution in [0, 0.1) is 5.92 Å². The molecule has 1 atom stereocenters. The Bertz CT molecular complexity index is 885. The number of carbonyl (C=O) groups excluding carboxylic acids is 2. The van der Waals surface area contributed by atoms with Crippen LogP contribution in [0.25, 0.3) is 0 Å². The molecule has 3 aliphatic heterocycles. The first-order valence-corrected chi connectivity index (χ1v) is 12.4. The van der Waals surface area contributed by atoms with E-state index in [9.17, 15) is 9.59 Å². The van der Waals surface area contributed by atoms with Gasteiger partial charge in [0.15, 0.2) is 0 Å². The van der Waals surface area contributed by atoms with Gasteiger partial charge < -0.3 is 19.9 Å². The van der Waals surface area contributed by atoms with E-state index >= 15 is 0 Å². The molecule has 4 rings (SSSR count). The Morgan fingerprint density at radius 3 is 2.67 bits per heavy atom. The van der Waals surface area contributed by atoms with E-state index in [0.717, 1.165) is 70.3 Å². The Morgan fingerprint density at radius 1 is 1.18 bits per heavy atom. The highest BCUT2D eigenvalue weighted by molar-refractivity contribution is 5.98. The standard InChI is InChI=1S/C27H37N3O3/c1-20(2)33-27(32)29-15-11-21(12-16-29)9-6-14-30-24(17-22-7-4-3-5-8-22)18-23-19-28-13-10-25(23)26(30)31/h3-5,7-8,10,13,20-21,24,28H,6,9,11-12,14-19H2,1-2H3. The molecule has 0 aliphatic carbocycles. The second kappa shape index (κ2) is 10.9. The molecule has 33 heavy (non-hydrogen) atoms. The topological polar surface area (TPSA) is 61.9 Å². The SMILES string of the molecule is CC(C)OC(=O)N1CCC(CCCN2C(=O)C3=C(CNC=C3)CC2Cc2ccccc2)CC1. The second-order valence-corrected chi connectivity index (χ2v) is 9.78. The quantitative estimate of drug-likeness (QED) is 0.672. The van der Waals surface area contributed by atoms with Crippen LogP contribution < -0.4 is 5.32 Å². The lowest BCUT2D eigenvalue weighted by atomic mass is 9.87. The minimum absolute atomic E-state index is 0.0773. The van der Waals surface area contributed by atoms with Crippen LogP contribution >= 0.6 is 0 Å². The van der Waals surface area contributed by atoms with Crippen molar-refractivity contribution in [1.82, 2.24) is 15.1 Å². The number of ether oxygens (including phenoxy) is 1. The van der Waals surface area contributed by atoms with E-state index in [1.165, 1.54) is 11.1 Å². The lowest BCUT2D eigenvalue weighted by molar-refractivity contribution is -0.130. The highest BCUT2D eigenvalue weighted by Gasteiger charge is 2.34. The summed E-state index contributed by atoms with van der Waals surface area (Å²) >= 11 is 0. The number of nitrogens with zero attached hydrogens (tertiary/aromatic N) is 2. The van der Waals surface area contributed by atoms with E-state index in [2.05, 4.69) is 34.5 Å². The highest BCUT2D eigenvalue weighted by atomic mass is 16.6. The molecular formula is C27H37N3O3. The Kier molecular flexibility index (Phi) is 7.73. The zero-order valence-electron chi connectivity index (χ0n) is 20.0. The van der Waals surface area contributed by atoms with Crippen LogP contribution in [0.15, 0.2) is 53.8 Å². The van der Waals surface area contributed by atoms with Crippen LogP contribution in [0.4, 0.5) is 4.79 Å². The molecule has 1 unspecified atom stereocenters. The molecule has 0 spiro atoms. The third-order valence-electron chi connectivity index (χ3n) is 7.01. The fourth-order valence-electron chi connectivity index (χ4n) is 5.24. The largest absolute Gasteiger partial charge is 0.447 e. The third-order valence-corrected chi connectivity index (χ3v) is 7.01. The van der Waals surface area contributed by atoms with Crippen LogP contribution in [0.3, 0.4) is 0 Å². The number of hydrogen-bond donors (Lipinski definition) is 1. The van der Waals surface area contributed by atoms with Crippen LogP contribution in [0.2, 0.25) is 0 Å². The molecule has 6 heteroatoms. The van der Waals surface area contributed by atoms with Gasteiger partial charge in [-0.3, -0.25) is 4.79 Å². The zero-order valence-corrected chi connectivity index (χ0v) is 20.0. The van der Waals surface area contributed by atoms with Gasteiger partial charge in [0, 0.05) is 37.8 Å². The van der Waals surface area contributed by atoms with Gasteiger partial charge in [-0.1, -0.05) is 30.3 Å². The smallest absolute Gasteiger partial charge is 0.410 e. The first kappa shape index (κ1) is 23.4. The predicted molar refractivity (Wildman–Crippen MR) is 130 cm³/mol. The first-order chi connectivity index (χ1) is 16.0. The number of likely N-dealkylation sites (tertiary alicyclic amines) is 1. The molecule has 3 aliphatic rings. The molecule has 1 aromatic carbocycles. The normalized spacial score (nSPS) is 21.3. The van der Waals surface area contributed by atoms with Crippen molar-refractivity contribution in [3.8, 4) is 0 Å². The van der Waals surface area contributed by atoms with Crippen LogP contribution in [0.1, 0.15) is 51.5 Å². The molecule has 0 aromatic heterocycles. The summed E-state index contributed by atoms with van der Waals surface area (Å²) < 4.78 is 5.33. The lowest BCUT2D eigenvalue weighted by Gasteiger charge is -2.39. The average Bonchev–Trinajstić information content (AvgIpc) is 2.82. The monoisotopic (exact) mass is 451 g/mol. The van der Waals surface area contributed by atoms with Crippen molar-refractivity contribution >= 4 is 12.0 Å². The number of amides is 2. The number of carbonyl (C=O) groups is 2. The molecule has 178 valence electrons. The Hall–Kier alpha value is -2.76. The average molecular weight is 452 g/mol. The summed E-state index contributed by atoms with van der Waals surface area (Å²) in [6.07, 6.45) is 9.52. The van der Waals surface area contributed by atoms with Gasteiger partial charge in [-0.05, 0) is 81.7 Å². The summed E-state index contributed by atoms with van der Waals surface area (Å²) in [6.45, 7) is 6.87. The van der Waals surface area contributed by atoms with Crippen molar-refractivity contribution in [3.63, 3.8) is 0 Å². The minimum atomic E-state index is -0.190. The van der Waals surface area contributed by atoms with Crippen molar-refractivity contribution < 1.29 is 14.3 Å². The van der Waals surface area contributed by atoms with Gasteiger partial charge in [0.1, 0.15) is 0 Å². The maximum absolute atomic E-state index is 13.4. The van der Waals surface area contributed by atoms with Crippen molar-refractivity contribution in [1.29, 1.82) is 0 Å². The lowest BCUT2D eigenvalue weighted by Crippen LogP contribution is -2.48. The fraction of sp³-hybridized carbons (Fsp3) is 0.556. The van der Waals surface area contributed by atoms with E-state index in [1.807, 2.05) is 37.1 Å². The molecule has 2 amide bonds. The molecule has 1 aromatic rings. The maximum Gasteiger partial charge on any atom is 0.410 e. The summed E-state index contributed by atoms with van der Waals surface area (Å²) in [5.74, 6) is 0.787. The molecule has 1 N–H and O–H groups in total. The number of dihydropyridines is 1. The number of benzene rings is 1. The van der Waals surface area contributed by atoms with Gasteiger partial charge in [-0.2, -0.15) is 0 Å². The van der Waals surface area contributed by atoms with Gasteiger partial charge in [0.2, 0.25) is 0 Å². The van der Waals surface area contributed by atoms with E-state index < -0.39 is 0 Å². The van der Waals surface area contributed by atoms with Crippen molar-refractivity contribution in [2.45, 2.75) is 64.5 Å². The Morgan fingerprint density at radius 2 is 1.94 bits per heavy atom. The van der Waals surface area contributed by atoms with Crippen molar-refractivity contribution in [2.75, 3.05) is 26.2 Å². The Balaban J connectivity index is 1.32. The van der Waals surface area contributed by atoms with Crippen molar-refractivity contribution in [2.24, 2.45) is 5.92 Å². The highest BCUT2D eigenvalue weighted by Crippen LogP contribution is 2.30. The number of hydrogen-bond acceptors (Lipinski definition) is 4. The molecular weight excluding hydrogens is 414 g/mol. The van der Waals surface area contributed by atoms with Gasteiger partial charge >= 0.3 is 6.09 Å². The number of nitrogens with one attached hydrogen (secondary N) is 1. The van der Waals surface area contributed by atoms with E-state index in [4.69, 9.17) is 4.74 Å². The summed E-state index contributed by atoms with van der Waals surface area (Å²) in [4.78, 5) is 29.5. The molecule has 0 radical (unpaired) electrons. The van der Waals surface area contributed by atoms with E-state index in [-0.39, 0.29) is 24.1 Å². The second-order valence-electron chi connectivity index (χ2n) is 9.78. The predicted octanol–water partition coefficient (Wildman–Crippen LogP) is 4.28. The Labute approximate surface area is 197 Å². The minimum Gasteiger partial charge on any atom is -0.447 e. The van der Waals surface area contributed by atoms with Gasteiger partial charge in [-0.15, -0.1) is 0 Å².